The molecule has 0 aliphatic carbocycles. The van der Waals surface area contributed by atoms with Crippen LogP contribution >= 0.6 is 0 Å². The molecule has 0 bridgehead atoms. The van der Waals surface area contributed by atoms with Crippen molar-refractivity contribution in [3.63, 3.8) is 0 Å². The molecule has 0 saturated carbocycles. The van der Waals surface area contributed by atoms with Crippen LogP contribution in [0.3, 0.4) is 0 Å². The van der Waals surface area contributed by atoms with Crippen LogP contribution in [0.25, 0.3) is 0 Å². The average molecular weight is 383 g/mol. The first-order valence-electron chi connectivity index (χ1n) is 9.32. The molecule has 28 heavy (non-hydrogen) atoms. The Balaban J connectivity index is 1.68. The van der Waals surface area contributed by atoms with E-state index in [0.717, 1.165) is 11.1 Å². The van der Waals surface area contributed by atoms with E-state index in [9.17, 15) is 9.59 Å². The first kappa shape index (κ1) is 19.7. The summed E-state index contributed by atoms with van der Waals surface area (Å²) < 4.78 is 11.4. The molecule has 3 rings (SSSR count). The van der Waals surface area contributed by atoms with Crippen LogP contribution in [-0.4, -0.2) is 42.1 Å². The highest BCUT2D eigenvalue weighted by Crippen LogP contribution is 2.27. The number of hydrogen-bond donors (Lipinski definition) is 1. The van der Waals surface area contributed by atoms with Crippen LogP contribution in [0.15, 0.2) is 42.5 Å². The van der Waals surface area contributed by atoms with Gasteiger partial charge >= 0.3 is 5.97 Å². The van der Waals surface area contributed by atoms with Gasteiger partial charge in [-0.05, 0) is 30.5 Å². The minimum absolute atomic E-state index is 0.0780. The number of aryl methyl sites for hydroxylation is 1. The third kappa shape index (κ3) is 4.82. The number of rotatable bonds is 8. The zero-order chi connectivity index (χ0) is 20.1. The number of methoxy groups -OCH3 is 1. The van der Waals surface area contributed by atoms with Crippen LogP contribution in [0.1, 0.15) is 23.1 Å². The Morgan fingerprint density at radius 1 is 1.25 bits per heavy atom. The molecule has 0 aromatic heterocycles. The number of nitrogens with zero attached hydrogens (tertiary/aromatic N) is 1. The van der Waals surface area contributed by atoms with Crippen molar-refractivity contribution in [3.05, 3.63) is 59.2 Å². The second kappa shape index (κ2) is 8.78. The zero-order valence-corrected chi connectivity index (χ0v) is 16.2. The number of hydrogen-bond acceptors (Lipinski definition) is 4. The molecule has 148 valence electrons. The summed E-state index contributed by atoms with van der Waals surface area (Å²) >= 11 is 0. The van der Waals surface area contributed by atoms with Gasteiger partial charge in [0, 0.05) is 25.6 Å². The van der Waals surface area contributed by atoms with Gasteiger partial charge in [-0.15, -0.1) is 0 Å². The SMILES string of the molecule is COc1ccc(CCN2CC(C(=O)O)CC2=O)c(OCc2cccc(C)c2)c1. The number of ether oxygens (including phenoxy) is 2. The van der Waals surface area contributed by atoms with Crippen LogP contribution in [0.5, 0.6) is 11.5 Å². The number of amides is 1. The molecule has 1 saturated heterocycles. The van der Waals surface area contributed by atoms with Gasteiger partial charge in [-0.2, -0.15) is 0 Å². The van der Waals surface area contributed by atoms with E-state index in [0.29, 0.717) is 31.1 Å². The van der Waals surface area contributed by atoms with E-state index < -0.39 is 11.9 Å². The second-order valence-electron chi connectivity index (χ2n) is 7.08. The van der Waals surface area contributed by atoms with Gasteiger partial charge in [0.15, 0.2) is 0 Å². The minimum atomic E-state index is -0.914. The Morgan fingerprint density at radius 3 is 2.75 bits per heavy atom. The fourth-order valence-corrected chi connectivity index (χ4v) is 3.37. The molecule has 1 fully saturated rings. The summed E-state index contributed by atoms with van der Waals surface area (Å²) in [6.45, 7) is 3.21. The topological polar surface area (TPSA) is 76.1 Å². The first-order chi connectivity index (χ1) is 13.5. The molecule has 1 atom stereocenters. The van der Waals surface area contributed by atoms with Crippen molar-refractivity contribution in [1.29, 1.82) is 0 Å². The molecule has 1 aliphatic heterocycles. The largest absolute Gasteiger partial charge is 0.497 e. The maximum absolute atomic E-state index is 12.0. The monoisotopic (exact) mass is 383 g/mol. The van der Waals surface area contributed by atoms with E-state index in [1.54, 1.807) is 12.0 Å². The summed E-state index contributed by atoms with van der Waals surface area (Å²) in [5, 5.41) is 9.12. The van der Waals surface area contributed by atoms with Gasteiger partial charge in [-0.25, -0.2) is 0 Å². The van der Waals surface area contributed by atoms with E-state index in [-0.39, 0.29) is 18.9 Å². The predicted molar refractivity (Wildman–Crippen MR) is 105 cm³/mol. The molecule has 0 radical (unpaired) electrons. The molecule has 1 N–H and O–H groups in total. The fourth-order valence-electron chi connectivity index (χ4n) is 3.37. The molecule has 6 nitrogen and oxygen atoms in total. The molecule has 2 aromatic carbocycles. The van der Waals surface area contributed by atoms with Crippen molar-refractivity contribution in [2.75, 3.05) is 20.2 Å². The van der Waals surface area contributed by atoms with E-state index in [1.807, 2.05) is 43.3 Å². The lowest BCUT2D eigenvalue weighted by Crippen LogP contribution is -2.28. The molecule has 1 unspecified atom stereocenters. The molecule has 0 spiro atoms. The van der Waals surface area contributed by atoms with Crippen LogP contribution in [-0.2, 0) is 22.6 Å². The normalized spacial score (nSPS) is 16.3. The maximum atomic E-state index is 12.0. The Labute approximate surface area is 164 Å². The number of aliphatic carboxylic acids is 1. The van der Waals surface area contributed by atoms with Crippen LogP contribution in [0, 0.1) is 12.8 Å². The highest BCUT2D eigenvalue weighted by atomic mass is 16.5. The lowest BCUT2D eigenvalue weighted by molar-refractivity contribution is -0.141. The zero-order valence-electron chi connectivity index (χ0n) is 16.2. The Bertz CT molecular complexity index is 864. The summed E-state index contributed by atoms with van der Waals surface area (Å²) in [7, 11) is 1.61. The maximum Gasteiger partial charge on any atom is 0.308 e. The van der Waals surface area contributed by atoms with Gasteiger partial charge in [0.2, 0.25) is 5.91 Å². The fraction of sp³-hybridized carbons (Fsp3) is 0.364. The number of carboxylic acids is 1. The lowest BCUT2D eigenvalue weighted by atomic mass is 10.1. The lowest BCUT2D eigenvalue weighted by Gasteiger charge is -2.18. The van der Waals surface area contributed by atoms with Gasteiger partial charge < -0.3 is 19.5 Å². The molecular formula is C22H25NO5. The smallest absolute Gasteiger partial charge is 0.308 e. The number of carboxylic acid groups (broad SMARTS) is 1. The number of benzene rings is 2. The summed E-state index contributed by atoms with van der Waals surface area (Å²) in [4.78, 5) is 24.8. The van der Waals surface area contributed by atoms with Gasteiger partial charge in [0.05, 0.1) is 13.0 Å². The molecular weight excluding hydrogens is 358 g/mol. The molecule has 6 heteroatoms. The molecule has 1 amide bonds. The molecule has 1 heterocycles. The predicted octanol–water partition coefficient (Wildman–Crippen LogP) is 3.06. The van der Waals surface area contributed by atoms with Gasteiger partial charge in [0.1, 0.15) is 18.1 Å². The summed E-state index contributed by atoms with van der Waals surface area (Å²) in [6.07, 6.45) is 0.667. The van der Waals surface area contributed by atoms with E-state index in [1.165, 1.54) is 5.56 Å². The number of likely N-dealkylation sites (tertiary alicyclic amines) is 1. The van der Waals surface area contributed by atoms with Crippen LogP contribution in [0.4, 0.5) is 0 Å². The van der Waals surface area contributed by atoms with Crippen molar-refractivity contribution < 1.29 is 24.2 Å². The Morgan fingerprint density at radius 2 is 2.07 bits per heavy atom. The van der Waals surface area contributed by atoms with Crippen LogP contribution in [0.2, 0.25) is 0 Å². The van der Waals surface area contributed by atoms with Crippen molar-refractivity contribution >= 4 is 11.9 Å². The summed E-state index contributed by atoms with van der Waals surface area (Å²) in [5.74, 6) is -0.223. The van der Waals surface area contributed by atoms with Crippen molar-refractivity contribution in [1.82, 2.24) is 4.90 Å². The first-order valence-corrected chi connectivity index (χ1v) is 9.32. The minimum Gasteiger partial charge on any atom is -0.497 e. The highest BCUT2D eigenvalue weighted by Gasteiger charge is 2.33. The molecule has 1 aliphatic rings. The Kier molecular flexibility index (Phi) is 6.19. The molecule has 2 aromatic rings. The third-order valence-corrected chi connectivity index (χ3v) is 4.97. The van der Waals surface area contributed by atoms with Gasteiger partial charge in [-0.3, -0.25) is 9.59 Å². The van der Waals surface area contributed by atoms with Gasteiger partial charge in [0.25, 0.3) is 0 Å². The third-order valence-electron chi connectivity index (χ3n) is 4.97. The van der Waals surface area contributed by atoms with E-state index in [4.69, 9.17) is 14.6 Å². The van der Waals surface area contributed by atoms with Crippen molar-refractivity contribution in [2.45, 2.75) is 26.4 Å². The average Bonchev–Trinajstić information content (AvgIpc) is 3.06. The summed E-state index contributed by atoms with van der Waals surface area (Å²) in [6, 6.07) is 13.8. The van der Waals surface area contributed by atoms with Crippen molar-refractivity contribution in [3.8, 4) is 11.5 Å². The van der Waals surface area contributed by atoms with Gasteiger partial charge in [-0.1, -0.05) is 35.9 Å². The van der Waals surface area contributed by atoms with E-state index in [2.05, 4.69) is 6.07 Å². The summed E-state index contributed by atoms with van der Waals surface area (Å²) in [5.41, 5.74) is 3.21. The Hall–Kier alpha value is -3.02. The number of carbonyl (C=O) groups excluding carboxylic acids is 1. The number of carbonyl (C=O) groups is 2. The quantitative estimate of drug-likeness (QED) is 0.758. The van der Waals surface area contributed by atoms with Crippen LogP contribution < -0.4 is 9.47 Å². The second-order valence-corrected chi connectivity index (χ2v) is 7.08. The highest BCUT2D eigenvalue weighted by molar-refractivity contribution is 5.86. The van der Waals surface area contributed by atoms with E-state index >= 15 is 0 Å². The van der Waals surface area contributed by atoms with Crippen molar-refractivity contribution in [2.24, 2.45) is 5.92 Å². The standard InChI is InChI=1S/C22H25NO5/c1-15-4-3-5-16(10-15)14-28-20-12-19(27-2)7-6-17(20)8-9-23-13-18(22(25)26)11-21(23)24/h3-7,10,12,18H,8-9,11,13-14H2,1-2H3,(H,25,26).